The highest BCUT2D eigenvalue weighted by atomic mass is 16.5. The molecule has 6 heteroatoms. The van der Waals surface area contributed by atoms with Crippen LogP contribution in [0.1, 0.15) is 44.6 Å². The second-order valence-corrected chi connectivity index (χ2v) is 8.44. The largest absolute Gasteiger partial charge is 0.497 e. The molecule has 6 nitrogen and oxygen atoms in total. The van der Waals surface area contributed by atoms with Gasteiger partial charge >= 0.3 is 0 Å². The number of amides is 1. The minimum Gasteiger partial charge on any atom is -0.497 e. The Bertz CT molecular complexity index is 1170. The maximum atomic E-state index is 12.7. The number of methoxy groups -OCH3 is 3. The second kappa shape index (κ2) is 10.0. The van der Waals surface area contributed by atoms with E-state index in [0.717, 1.165) is 52.0 Å². The number of benzene rings is 2. The average molecular weight is 450 g/mol. The number of carbonyl (C=O) groups is 1. The zero-order chi connectivity index (χ0) is 23.4. The number of ether oxygens (including phenoxy) is 3. The number of fused-ring (bicyclic) bond motifs is 1. The lowest BCUT2D eigenvalue weighted by atomic mass is 9.95. The molecule has 0 saturated heterocycles. The number of hydrogen-bond donors (Lipinski definition) is 1. The summed E-state index contributed by atoms with van der Waals surface area (Å²) in [7, 11) is 4.89. The van der Waals surface area contributed by atoms with E-state index in [1.54, 1.807) is 33.7 Å². The molecule has 1 aliphatic carbocycles. The summed E-state index contributed by atoms with van der Waals surface area (Å²) in [6, 6.07) is 9.78. The topological polar surface area (TPSA) is 69.9 Å². The van der Waals surface area contributed by atoms with Gasteiger partial charge in [0.15, 0.2) is 0 Å². The quantitative estimate of drug-likeness (QED) is 0.450. The molecule has 1 saturated carbocycles. The van der Waals surface area contributed by atoms with Crippen molar-refractivity contribution in [2.45, 2.75) is 45.1 Å². The van der Waals surface area contributed by atoms with Crippen LogP contribution < -0.4 is 19.5 Å². The van der Waals surface area contributed by atoms with Gasteiger partial charge in [-0.2, -0.15) is 0 Å². The van der Waals surface area contributed by atoms with E-state index in [1.165, 1.54) is 19.3 Å². The van der Waals surface area contributed by atoms with Crippen LogP contribution in [0.15, 0.2) is 47.1 Å². The van der Waals surface area contributed by atoms with E-state index < -0.39 is 0 Å². The predicted molar refractivity (Wildman–Crippen MR) is 130 cm³/mol. The smallest absolute Gasteiger partial charge is 0.244 e. The first-order chi connectivity index (χ1) is 16.0. The number of rotatable bonds is 7. The highest BCUT2D eigenvalue weighted by Gasteiger charge is 2.19. The van der Waals surface area contributed by atoms with Crippen LogP contribution in [0.25, 0.3) is 27.7 Å². The van der Waals surface area contributed by atoms with Gasteiger partial charge in [-0.3, -0.25) is 4.79 Å². The maximum Gasteiger partial charge on any atom is 0.244 e. The summed E-state index contributed by atoms with van der Waals surface area (Å²) in [5, 5.41) is 4.05. The van der Waals surface area contributed by atoms with Crippen molar-refractivity contribution in [3.05, 3.63) is 48.2 Å². The minimum absolute atomic E-state index is 0.0663. The van der Waals surface area contributed by atoms with E-state index in [2.05, 4.69) is 5.32 Å². The molecule has 1 N–H and O–H groups in total. The van der Waals surface area contributed by atoms with E-state index in [1.807, 2.05) is 37.3 Å². The van der Waals surface area contributed by atoms with Crippen molar-refractivity contribution in [3.63, 3.8) is 0 Å². The van der Waals surface area contributed by atoms with Crippen molar-refractivity contribution >= 4 is 22.4 Å². The highest BCUT2D eigenvalue weighted by Crippen LogP contribution is 2.41. The molecule has 1 aliphatic rings. The normalized spacial score (nSPS) is 14.8. The van der Waals surface area contributed by atoms with Crippen molar-refractivity contribution < 1.29 is 23.4 Å². The molecule has 0 atom stereocenters. The molecule has 3 aromatic rings. The molecule has 0 spiro atoms. The van der Waals surface area contributed by atoms with Gasteiger partial charge in [0.1, 0.15) is 22.8 Å². The molecule has 0 bridgehead atoms. The van der Waals surface area contributed by atoms with Gasteiger partial charge in [-0.1, -0.05) is 19.3 Å². The lowest BCUT2D eigenvalue weighted by Gasteiger charge is -2.22. The Morgan fingerprint density at radius 3 is 2.42 bits per heavy atom. The van der Waals surface area contributed by atoms with Crippen LogP contribution in [0, 0.1) is 0 Å². The number of furan rings is 1. The van der Waals surface area contributed by atoms with Crippen molar-refractivity contribution in [3.8, 4) is 28.4 Å². The van der Waals surface area contributed by atoms with Crippen LogP contribution in [0.3, 0.4) is 0 Å². The van der Waals surface area contributed by atoms with Gasteiger partial charge in [-0.15, -0.1) is 0 Å². The van der Waals surface area contributed by atoms with Gasteiger partial charge in [-0.25, -0.2) is 0 Å². The Morgan fingerprint density at radius 1 is 0.970 bits per heavy atom. The molecular formula is C27H31NO5. The van der Waals surface area contributed by atoms with Crippen LogP contribution in [-0.4, -0.2) is 33.3 Å². The molecule has 1 heterocycles. The molecule has 174 valence electrons. The molecule has 0 aliphatic heterocycles. The van der Waals surface area contributed by atoms with E-state index in [9.17, 15) is 4.79 Å². The van der Waals surface area contributed by atoms with Crippen LogP contribution in [0.4, 0.5) is 0 Å². The van der Waals surface area contributed by atoms with Crippen LogP contribution in [0.5, 0.6) is 17.2 Å². The Morgan fingerprint density at radius 2 is 1.73 bits per heavy atom. The third-order valence-electron chi connectivity index (χ3n) is 6.32. The zero-order valence-electron chi connectivity index (χ0n) is 19.7. The summed E-state index contributed by atoms with van der Waals surface area (Å²) in [6.07, 6.45) is 9.07. The summed E-state index contributed by atoms with van der Waals surface area (Å²) in [4.78, 5) is 12.7. The van der Waals surface area contributed by atoms with E-state index in [-0.39, 0.29) is 11.9 Å². The second-order valence-electron chi connectivity index (χ2n) is 8.44. The summed E-state index contributed by atoms with van der Waals surface area (Å²) < 4.78 is 22.5. The van der Waals surface area contributed by atoms with Crippen LogP contribution >= 0.6 is 0 Å². The Labute approximate surface area is 194 Å². The van der Waals surface area contributed by atoms with Gasteiger partial charge < -0.3 is 23.9 Å². The van der Waals surface area contributed by atoms with Crippen LogP contribution in [0.2, 0.25) is 0 Å². The van der Waals surface area contributed by atoms with Gasteiger partial charge in [0, 0.05) is 40.3 Å². The number of carbonyl (C=O) groups excluding carboxylic acids is 1. The summed E-state index contributed by atoms with van der Waals surface area (Å²) in [5.74, 6) is 2.03. The predicted octanol–water partition coefficient (Wildman–Crippen LogP) is 5.98. The number of nitrogens with one attached hydrogen (secondary N) is 1. The first-order valence-corrected chi connectivity index (χ1v) is 11.3. The SMILES string of the molecule is COc1ccc(OC)c(-c2coc3cc(OC)c(/C(C)=C/C(=O)NC4CCCCC4)cc23)c1. The Hall–Kier alpha value is -3.41. The van der Waals surface area contributed by atoms with Crippen molar-refractivity contribution in [1.82, 2.24) is 5.32 Å². The lowest BCUT2D eigenvalue weighted by molar-refractivity contribution is -0.117. The van der Waals surface area contributed by atoms with Gasteiger partial charge in [0.25, 0.3) is 0 Å². The van der Waals surface area contributed by atoms with E-state index >= 15 is 0 Å². The fourth-order valence-corrected chi connectivity index (χ4v) is 4.53. The third kappa shape index (κ3) is 4.85. The van der Waals surface area contributed by atoms with Crippen molar-refractivity contribution in [1.29, 1.82) is 0 Å². The molecule has 2 aromatic carbocycles. The Kier molecular flexibility index (Phi) is 6.92. The maximum absolute atomic E-state index is 12.7. The zero-order valence-corrected chi connectivity index (χ0v) is 19.7. The van der Waals surface area contributed by atoms with Crippen LogP contribution in [-0.2, 0) is 4.79 Å². The highest BCUT2D eigenvalue weighted by molar-refractivity contribution is 6.01. The lowest BCUT2D eigenvalue weighted by Crippen LogP contribution is -2.35. The molecule has 33 heavy (non-hydrogen) atoms. The fourth-order valence-electron chi connectivity index (χ4n) is 4.53. The van der Waals surface area contributed by atoms with Crippen molar-refractivity contribution in [2.24, 2.45) is 0 Å². The van der Waals surface area contributed by atoms with Gasteiger partial charge in [0.05, 0.1) is 27.6 Å². The molecule has 4 rings (SSSR count). The molecule has 0 unspecified atom stereocenters. The van der Waals surface area contributed by atoms with E-state index in [0.29, 0.717) is 11.3 Å². The molecule has 1 amide bonds. The first kappa shape index (κ1) is 22.8. The standard InChI is InChI=1S/C27H31NO5/c1-17(12-27(29)28-18-8-6-5-7-9-18)20-14-22-23(16-33-26(22)15-25(20)32-4)21-13-19(30-2)10-11-24(21)31-3/h10-16,18H,5-9H2,1-4H3,(H,28,29)/b17-12+. The summed E-state index contributed by atoms with van der Waals surface area (Å²) in [5.41, 5.74) is 4.10. The van der Waals surface area contributed by atoms with E-state index in [4.69, 9.17) is 18.6 Å². The first-order valence-electron chi connectivity index (χ1n) is 11.3. The molecule has 1 fully saturated rings. The molecular weight excluding hydrogens is 418 g/mol. The molecule has 0 radical (unpaired) electrons. The van der Waals surface area contributed by atoms with Gasteiger partial charge in [-0.05, 0) is 49.6 Å². The average Bonchev–Trinajstić information content (AvgIpc) is 3.25. The summed E-state index contributed by atoms with van der Waals surface area (Å²) >= 11 is 0. The Balaban J connectivity index is 1.73. The van der Waals surface area contributed by atoms with Gasteiger partial charge in [0.2, 0.25) is 5.91 Å². The fraction of sp³-hybridized carbons (Fsp3) is 0.370. The van der Waals surface area contributed by atoms with Crippen molar-refractivity contribution in [2.75, 3.05) is 21.3 Å². The molecule has 1 aromatic heterocycles. The number of hydrogen-bond acceptors (Lipinski definition) is 5. The minimum atomic E-state index is -0.0663. The monoisotopic (exact) mass is 449 g/mol. The number of allylic oxidation sites excluding steroid dienone is 1. The summed E-state index contributed by atoms with van der Waals surface area (Å²) in [6.45, 7) is 1.93. The third-order valence-corrected chi connectivity index (χ3v) is 6.32.